The number of nitrogen functional groups attached to an aromatic ring is 1. The van der Waals surface area contributed by atoms with Gasteiger partial charge in [0, 0.05) is 0 Å². The third-order valence-corrected chi connectivity index (χ3v) is 7.94. The Morgan fingerprint density at radius 2 is 1.90 bits per heavy atom. The fraction of sp³-hybridized carbons (Fsp3) is 0.500. The van der Waals surface area contributed by atoms with Gasteiger partial charge in [-0.15, -0.1) is 0 Å². The number of anilines is 1. The van der Waals surface area contributed by atoms with Gasteiger partial charge in [-0.25, -0.2) is 23.2 Å². The van der Waals surface area contributed by atoms with Crippen LogP contribution in [0.3, 0.4) is 0 Å². The van der Waals surface area contributed by atoms with Crippen LogP contribution in [0.2, 0.25) is 0 Å². The maximum Gasteiger partial charge on any atom is 0.490 e. The number of phosphoric ester groups is 1. The highest BCUT2D eigenvalue weighted by atomic mass is 31.3. The number of fused-ring (bicyclic) bond motifs is 1. The Labute approximate surface area is 169 Å². The largest absolute Gasteiger partial charge is 0.490 e. The van der Waals surface area contributed by atoms with E-state index in [1.54, 1.807) is 16.6 Å². The average molecular weight is 488 g/mol. The lowest BCUT2D eigenvalue weighted by Gasteiger charge is -2.18. The number of hydrogen-bond acceptors (Lipinski definition) is 10. The average Bonchev–Trinajstić information content (AvgIpc) is 3.13. The number of rotatable bonds is 8. The topological polar surface area (TPSA) is 225 Å². The number of phosphoric acid groups is 3. The van der Waals surface area contributed by atoms with Crippen LogP contribution in [0, 0.1) is 5.92 Å². The van der Waals surface area contributed by atoms with E-state index >= 15 is 0 Å². The standard InChI is InChI=1S/C12H19N4O11P3/c1-7-4-8(5-24-29(20,21)27-30(22,23)26-28(17,18)19)25-11(7)9-2-3-10-12(13)14-6-15-16(9)10/h2-3,6-8,11H,4-5H2,1H3,(H,20,21)(H,22,23)(H2,13,14,15)(H2,17,18,19)/t7-,8-,11+/m0/s1. The lowest BCUT2D eigenvalue weighted by molar-refractivity contribution is 0.00208. The first-order chi connectivity index (χ1) is 13.8. The molecule has 2 aromatic rings. The van der Waals surface area contributed by atoms with Crippen LogP contribution < -0.4 is 5.73 Å². The third-order valence-electron chi connectivity index (χ3n) is 4.13. The summed E-state index contributed by atoms with van der Waals surface area (Å²) >= 11 is 0. The summed E-state index contributed by atoms with van der Waals surface area (Å²) in [5.41, 5.74) is 7.06. The van der Waals surface area contributed by atoms with Crippen molar-refractivity contribution in [1.82, 2.24) is 14.6 Å². The highest BCUT2D eigenvalue weighted by Crippen LogP contribution is 2.66. The van der Waals surface area contributed by atoms with Crippen molar-refractivity contribution in [3.63, 3.8) is 0 Å². The number of nitrogens with zero attached hydrogens (tertiary/aromatic N) is 3. The quantitative estimate of drug-likeness (QED) is 0.328. The van der Waals surface area contributed by atoms with E-state index in [4.69, 9.17) is 25.2 Å². The molecule has 6 N–H and O–H groups in total. The SMILES string of the molecule is C[C@H]1C[C@@H](COP(=O)(O)OP(=O)(O)OP(=O)(O)O)O[C@H]1c1ccc2c(N)ncnn12. The maximum absolute atomic E-state index is 11.8. The van der Waals surface area contributed by atoms with E-state index < -0.39 is 42.3 Å². The van der Waals surface area contributed by atoms with Crippen LogP contribution >= 0.6 is 23.5 Å². The zero-order valence-corrected chi connectivity index (χ0v) is 18.0. The number of ether oxygens (including phenoxy) is 1. The molecule has 1 aliphatic rings. The molecule has 15 nitrogen and oxygen atoms in total. The number of hydrogen-bond donors (Lipinski definition) is 5. The van der Waals surface area contributed by atoms with Crippen molar-refractivity contribution in [3.8, 4) is 0 Å². The third kappa shape index (κ3) is 5.72. The van der Waals surface area contributed by atoms with E-state index in [0.717, 1.165) is 0 Å². The zero-order chi connectivity index (χ0) is 22.3. The van der Waals surface area contributed by atoms with Crippen molar-refractivity contribution in [1.29, 1.82) is 0 Å². The van der Waals surface area contributed by atoms with Gasteiger partial charge in [-0.05, 0) is 24.5 Å². The van der Waals surface area contributed by atoms with Crippen molar-refractivity contribution in [2.45, 2.75) is 25.6 Å². The summed E-state index contributed by atoms with van der Waals surface area (Å²) in [6.07, 6.45) is 0.530. The predicted molar refractivity (Wildman–Crippen MR) is 98.6 cm³/mol. The predicted octanol–water partition coefficient (Wildman–Crippen LogP) is 1.12. The van der Waals surface area contributed by atoms with E-state index in [-0.39, 0.29) is 11.7 Å². The first-order valence-electron chi connectivity index (χ1n) is 8.28. The molecule has 1 fully saturated rings. The van der Waals surface area contributed by atoms with Gasteiger partial charge in [0.1, 0.15) is 17.9 Å². The Morgan fingerprint density at radius 1 is 1.20 bits per heavy atom. The molecule has 0 amide bonds. The molecular weight excluding hydrogens is 469 g/mol. The molecule has 30 heavy (non-hydrogen) atoms. The van der Waals surface area contributed by atoms with Gasteiger partial charge in [0.2, 0.25) is 0 Å². The molecular formula is C12H19N4O11P3. The molecule has 3 heterocycles. The minimum Gasteiger partial charge on any atom is -0.382 e. The molecule has 3 rings (SSSR count). The van der Waals surface area contributed by atoms with Crippen LogP contribution in [0.4, 0.5) is 5.82 Å². The second kappa shape index (κ2) is 8.38. The summed E-state index contributed by atoms with van der Waals surface area (Å²) in [5.74, 6) is 0.222. The van der Waals surface area contributed by atoms with E-state index in [1.165, 1.54) is 6.33 Å². The van der Waals surface area contributed by atoms with Crippen molar-refractivity contribution in [2.75, 3.05) is 12.3 Å². The van der Waals surface area contributed by atoms with Gasteiger partial charge >= 0.3 is 23.5 Å². The fourth-order valence-electron chi connectivity index (χ4n) is 3.07. The normalized spacial score (nSPS) is 26.5. The summed E-state index contributed by atoms with van der Waals surface area (Å²) in [6.45, 7) is 1.37. The molecule has 2 aromatic heterocycles. The molecule has 18 heteroatoms. The highest BCUT2D eigenvalue weighted by Gasteiger charge is 2.42. The van der Waals surface area contributed by atoms with Crippen LogP contribution in [0.25, 0.3) is 5.52 Å². The van der Waals surface area contributed by atoms with Gasteiger partial charge < -0.3 is 30.0 Å². The first-order valence-corrected chi connectivity index (χ1v) is 12.8. The molecule has 1 aliphatic heterocycles. The van der Waals surface area contributed by atoms with Gasteiger partial charge in [-0.2, -0.15) is 13.7 Å². The number of aromatic nitrogens is 3. The Morgan fingerprint density at radius 3 is 2.57 bits per heavy atom. The van der Waals surface area contributed by atoms with E-state index in [1.807, 2.05) is 6.92 Å². The lowest BCUT2D eigenvalue weighted by Crippen LogP contribution is -2.15. The summed E-state index contributed by atoms with van der Waals surface area (Å²) in [5, 5.41) is 4.13. The van der Waals surface area contributed by atoms with Crippen molar-refractivity contribution >= 4 is 34.8 Å². The molecule has 0 saturated carbocycles. The molecule has 5 atom stereocenters. The van der Waals surface area contributed by atoms with Crippen LogP contribution in [-0.4, -0.2) is 46.9 Å². The number of nitrogens with two attached hydrogens (primary N) is 1. The van der Waals surface area contributed by atoms with Gasteiger partial charge in [0.05, 0.1) is 18.4 Å². The molecule has 0 aromatic carbocycles. The molecule has 0 aliphatic carbocycles. The lowest BCUT2D eigenvalue weighted by atomic mass is 10.00. The Bertz CT molecular complexity index is 1070. The van der Waals surface area contributed by atoms with Gasteiger partial charge in [-0.1, -0.05) is 6.92 Å². The van der Waals surface area contributed by atoms with Crippen LogP contribution in [-0.2, 0) is 31.6 Å². The van der Waals surface area contributed by atoms with Gasteiger partial charge in [0.25, 0.3) is 0 Å². The summed E-state index contributed by atoms with van der Waals surface area (Å²) in [4.78, 5) is 39.6. The minimum atomic E-state index is -5.56. The van der Waals surface area contributed by atoms with E-state index in [0.29, 0.717) is 17.6 Å². The molecule has 0 radical (unpaired) electrons. The van der Waals surface area contributed by atoms with E-state index in [9.17, 15) is 18.6 Å². The Hall–Kier alpha value is -1.21. The smallest absolute Gasteiger partial charge is 0.382 e. The molecule has 168 valence electrons. The molecule has 1 saturated heterocycles. The van der Waals surface area contributed by atoms with Crippen LogP contribution in [0.15, 0.2) is 18.5 Å². The summed E-state index contributed by atoms with van der Waals surface area (Å²) in [6, 6.07) is 3.48. The molecule has 0 spiro atoms. The maximum atomic E-state index is 11.8. The Balaban J connectivity index is 1.63. The van der Waals surface area contributed by atoms with Gasteiger partial charge in [0.15, 0.2) is 5.82 Å². The van der Waals surface area contributed by atoms with Crippen LogP contribution in [0.1, 0.15) is 25.1 Å². The monoisotopic (exact) mass is 488 g/mol. The highest BCUT2D eigenvalue weighted by molar-refractivity contribution is 7.66. The Kier molecular flexibility index (Phi) is 6.55. The first kappa shape index (κ1) is 23.5. The van der Waals surface area contributed by atoms with E-state index in [2.05, 4.69) is 23.2 Å². The van der Waals surface area contributed by atoms with Crippen molar-refractivity contribution in [2.24, 2.45) is 5.92 Å². The van der Waals surface area contributed by atoms with Crippen molar-refractivity contribution < 1.29 is 51.2 Å². The van der Waals surface area contributed by atoms with Crippen molar-refractivity contribution in [3.05, 3.63) is 24.2 Å². The minimum absolute atomic E-state index is 0.0613. The fourth-order valence-corrected chi connectivity index (χ4v) is 6.12. The molecule has 0 bridgehead atoms. The summed E-state index contributed by atoms with van der Waals surface area (Å²) < 4.78 is 53.2. The molecule has 2 unspecified atom stereocenters. The second-order valence-electron chi connectivity index (χ2n) is 6.48. The second-order valence-corrected chi connectivity index (χ2v) is 10.9. The zero-order valence-electron chi connectivity index (χ0n) is 15.3. The van der Waals surface area contributed by atoms with Crippen LogP contribution in [0.5, 0.6) is 0 Å². The van der Waals surface area contributed by atoms with Gasteiger partial charge in [-0.3, -0.25) is 4.52 Å². The summed E-state index contributed by atoms with van der Waals surface area (Å²) in [7, 11) is -16.2.